The van der Waals surface area contributed by atoms with Gasteiger partial charge in [-0.25, -0.2) is 0 Å². The lowest BCUT2D eigenvalue weighted by Gasteiger charge is -2.06. The first-order valence-corrected chi connectivity index (χ1v) is 5.90. The maximum atomic E-state index is 9.86. The number of para-hydroxylation sites is 1. The lowest BCUT2D eigenvalue weighted by Crippen LogP contribution is -1.84. The number of aromatic nitrogens is 1. The van der Waals surface area contributed by atoms with Gasteiger partial charge in [-0.1, -0.05) is 30.3 Å². The molecule has 0 saturated heterocycles. The predicted octanol–water partition coefficient (Wildman–Crippen LogP) is 3.92. The predicted molar refractivity (Wildman–Crippen MR) is 73.6 cm³/mol. The second-order valence-electron chi connectivity index (χ2n) is 4.38. The number of hydrogen-bond acceptors (Lipinski definition) is 2. The summed E-state index contributed by atoms with van der Waals surface area (Å²) < 4.78 is 0. The first-order valence-electron chi connectivity index (χ1n) is 5.90. The molecule has 1 N–H and O–H groups in total. The number of rotatable bonds is 1. The summed E-state index contributed by atoms with van der Waals surface area (Å²) in [6.45, 7) is 1.98. The number of pyridine rings is 1. The Balaban J connectivity index is 2.20. The molecule has 1 heterocycles. The van der Waals surface area contributed by atoms with E-state index in [0.29, 0.717) is 5.75 Å². The molecule has 0 spiro atoms. The first-order chi connectivity index (χ1) is 8.74. The minimum Gasteiger partial charge on any atom is -0.507 e. The number of benzene rings is 2. The second kappa shape index (κ2) is 4.15. The van der Waals surface area contributed by atoms with E-state index in [2.05, 4.69) is 17.1 Å². The Morgan fingerprint density at radius 3 is 2.61 bits per heavy atom. The molecule has 0 radical (unpaired) electrons. The lowest BCUT2D eigenvalue weighted by atomic mass is 10.0. The Hall–Kier alpha value is -2.35. The van der Waals surface area contributed by atoms with Crippen LogP contribution in [0, 0.1) is 6.92 Å². The third kappa shape index (κ3) is 1.82. The van der Waals surface area contributed by atoms with Gasteiger partial charge in [-0.2, -0.15) is 0 Å². The van der Waals surface area contributed by atoms with E-state index in [-0.39, 0.29) is 0 Å². The SMILES string of the molecule is Cc1ccc2cc(-c3ccccc3O)ccc2n1. The van der Waals surface area contributed by atoms with Crippen molar-refractivity contribution < 1.29 is 5.11 Å². The van der Waals surface area contributed by atoms with E-state index in [1.165, 1.54) is 0 Å². The Labute approximate surface area is 106 Å². The lowest BCUT2D eigenvalue weighted by molar-refractivity contribution is 0.477. The number of fused-ring (bicyclic) bond motifs is 1. The van der Waals surface area contributed by atoms with Crippen LogP contribution in [-0.2, 0) is 0 Å². The third-order valence-corrected chi connectivity index (χ3v) is 3.04. The molecule has 88 valence electrons. The zero-order chi connectivity index (χ0) is 12.5. The maximum absolute atomic E-state index is 9.86. The topological polar surface area (TPSA) is 33.1 Å². The molecule has 2 nitrogen and oxygen atoms in total. The van der Waals surface area contributed by atoms with Crippen molar-refractivity contribution in [2.45, 2.75) is 6.92 Å². The molecule has 0 aliphatic rings. The number of hydrogen-bond donors (Lipinski definition) is 1. The van der Waals surface area contributed by atoms with Crippen molar-refractivity contribution in [3.05, 3.63) is 60.3 Å². The fraction of sp³-hybridized carbons (Fsp3) is 0.0625. The summed E-state index contributed by atoms with van der Waals surface area (Å²) in [6.07, 6.45) is 0. The Kier molecular flexibility index (Phi) is 2.49. The summed E-state index contributed by atoms with van der Waals surface area (Å²) in [4.78, 5) is 4.47. The third-order valence-electron chi connectivity index (χ3n) is 3.04. The largest absolute Gasteiger partial charge is 0.507 e. The highest BCUT2D eigenvalue weighted by atomic mass is 16.3. The minimum absolute atomic E-state index is 0.303. The molecule has 0 unspecified atom stereocenters. The van der Waals surface area contributed by atoms with Gasteiger partial charge in [0.15, 0.2) is 0 Å². The Morgan fingerprint density at radius 2 is 1.78 bits per heavy atom. The molecule has 3 rings (SSSR count). The molecule has 0 aliphatic heterocycles. The van der Waals surface area contributed by atoms with Crippen LogP contribution in [0.5, 0.6) is 5.75 Å². The van der Waals surface area contributed by atoms with Crippen molar-refractivity contribution in [1.29, 1.82) is 0 Å². The first kappa shape index (κ1) is 10.8. The summed E-state index contributed by atoms with van der Waals surface area (Å²) in [5.41, 5.74) is 3.85. The van der Waals surface area contributed by atoms with E-state index < -0.39 is 0 Å². The van der Waals surface area contributed by atoms with Crippen LogP contribution in [0.1, 0.15) is 5.69 Å². The smallest absolute Gasteiger partial charge is 0.123 e. The number of aromatic hydroxyl groups is 1. The number of nitrogens with zero attached hydrogens (tertiary/aromatic N) is 1. The van der Waals surface area contributed by atoms with E-state index in [1.54, 1.807) is 6.07 Å². The molecule has 0 aliphatic carbocycles. The van der Waals surface area contributed by atoms with Crippen molar-refractivity contribution in [3.8, 4) is 16.9 Å². The highest BCUT2D eigenvalue weighted by molar-refractivity contribution is 5.85. The summed E-state index contributed by atoms with van der Waals surface area (Å²) in [5.74, 6) is 0.303. The van der Waals surface area contributed by atoms with E-state index in [4.69, 9.17) is 0 Å². The molecule has 0 fully saturated rings. The van der Waals surface area contributed by atoms with Crippen LogP contribution >= 0.6 is 0 Å². The highest BCUT2D eigenvalue weighted by Gasteiger charge is 2.04. The fourth-order valence-corrected chi connectivity index (χ4v) is 2.11. The second-order valence-corrected chi connectivity index (χ2v) is 4.38. The van der Waals surface area contributed by atoms with E-state index in [9.17, 15) is 5.11 Å². The molecule has 3 aromatic rings. The van der Waals surface area contributed by atoms with E-state index in [1.807, 2.05) is 43.3 Å². The Morgan fingerprint density at radius 1 is 0.944 bits per heavy atom. The molecule has 0 atom stereocenters. The van der Waals surface area contributed by atoms with Gasteiger partial charge < -0.3 is 5.11 Å². The molecule has 0 saturated carbocycles. The van der Waals surface area contributed by atoms with Gasteiger partial charge in [0.2, 0.25) is 0 Å². The van der Waals surface area contributed by atoms with Gasteiger partial charge in [0.1, 0.15) is 5.75 Å². The fourth-order valence-electron chi connectivity index (χ4n) is 2.11. The van der Waals surface area contributed by atoms with Crippen molar-refractivity contribution in [2.24, 2.45) is 0 Å². The van der Waals surface area contributed by atoms with Crippen LogP contribution in [0.4, 0.5) is 0 Å². The van der Waals surface area contributed by atoms with Gasteiger partial charge in [-0.3, -0.25) is 4.98 Å². The average molecular weight is 235 g/mol. The molecule has 0 amide bonds. The molecular weight excluding hydrogens is 222 g/mol. The summed E-state index contributed by atoms with van der Waals surface area (Å²) >= 11 is 0. The summed E-state index contributed by atoms with van der Waals surface area (Å²) in [5, 5.41) is 10.9. The normalized spacial score (nSPS) is 10.7. The van der Waals surface area contributed by atoms with Gasteiger partial charge >= 0.3 is 0 Å². The van der Waals surface area contributed by atoms with Crippen LogP contribution in [0.25, 0.3) is 22.0 Å². The van der Waals surface area contributed by atoms with E-state index >= 15 is 0 Å². The van der Waals surface area contributed by atoms with Crippen molar-refractivity contribution in [2.75, 3.05) is 0 Å². The number of aryl methyl sites for hydroxylation is 1. The average Bonchev–Trinajstić information content (AvgIpc) is 2.39. The van der Waals surface area contributed by atoms with Crippen LogP contribution in [0.2, 0.25) is 0 Å². The van der Waals surface area contributed by atoms with Crippen molar-refractivity contribution in [1.82, 2.24) is 4.98 Å². The molecular formula is C16H13NO. The number of phenols is 1. The van der Waals surface area contributed by atoms with Crippen molar-refractivity contribution >= 4 is 10.9 Å². The molecule has 18 heavy (non-hydrogen) atoms. The molecule has 1 aromatic heterocycles. The van der Waals surface area contributed by atoms with Gasteiger partial charge in [-0.05, 0) is 36.8 Å². The summed E-state index contributed by atoms with van der Waals surface area (Å²) in [7, 11) is 0. The van der Waals surface area contributed by atoms with Crippen LogP contribution < -0.4 is 0 Å². The standard InChI is InChI=1S/C16H13NO/c1-11-6-7-13-10-12(8-9-15(13)17-11)14-4-2-3-5-16(14)18/h2-10,18H,1H3. The van der Waals surface area contributed by atoms with Gasteiger partial charge in [0.25, 0.3) is 0 Å². The van der Waals surface area contributed by atoms with Gasteiger partial charge in [-0.15, -0.1) is 0 Å². The zero-order valence-electron chi connectivity index (χ0n) is 10.1. The molecule has 2 aromatic carbocycles. The molecule has 2 heteroatoms. The van der Waals surface area contributed by atoms with E-state index in [0.717, 1.165) is 27.7 Å². The maximum Gasteiger partial charge on any atom is 0.123 e. The Bertz CT molecular complexity index is 719. The monoisotopic (exact) mass is 235 g/mol. The highest BCUT2D eigenvalue weighted by Crippen LogP contribution is 2.30. The minimum atomic E-state index is 0.303. The number of phenolic OH excluding ortho intramolecular Hbond substituents is 1. The van der Waals surface area contributed by atoms with Crippen LogP contribution in [-0.4, -0.2) is 10.1 Å². The van der Waals surface area contributed by atoms with Crippen molar-refractivity contribution in [3.63, 3.8) is 0 Å². The molecule has 0 bridgehead atoms. The summed E-state index contributed by atoms with van der Waals surface area (Å²) in [6, 6.07) is 17.4. The van der Waals surface area contributed by atoms with Gasteiger partial charge in [0, 0.05) is 16.6 Å². The quantitative estimate of drug-likeness (QED) is 0.693. The zero-order valence-corrected chi connectivity index (χ0v) is 10.1. The van der Waals surface area contributed by atoms with Gasteiger partial charge in [0.05, 0.1) is 5.52 Å². The van der Waals surface area contributed by atoms with Crippen LogP contribution in [0.3, 0.4) is 0 Å². The van der Waals surface area contributed by atoms with Crippen LogP contribution in [0.15, 0.2) is 54.6 Å².